The molecular formula is C15H18N2O. The second-order valence-electron chi connectivity index (χ2n) is 4.40. The monoisotopic (exact) mass is 242 g/mol. The Labute approximate surface area is 108 Å². The maximum atomic E-state index is 11.9. The summed E-state index contributed by atoms with van der Waals surface area (Å²) in [5.74, 6) is 0.0298. The molecule has 0 fully saturated rings. The van der Waals surface area contributed by atoms with E-state index in [0.29, 0.717) is 13.0 Å². The van der Waals surface area contributed by atoms with E-state index in [1.807, 2.05) is 48.6 Å². The smallest absolute Gasteiger partial charge is 0.249 e. The number of amides is 1. The minimum atomic E-state index is 0.0298. The topological polar surface area (TPSA) is 32.3 Å². The lowest BCUT2D eigenvalue weighted by molar-refractivity contribution is -0.117. The molecule has 1 aliphatic heterocycles. The number of nitrogens with zero attached hydrogens (tertiary/aromatic N) is 1. The van der Waals surface area contributed by atoms with Crippen LogP contribution in [0.4, 0.5) is 0 Å². The van der Waals surface area contributed by atoms with Crippen LogP contribution in [0.5, 0.6) is 0 Å². The Hall–Kier alpha value is -2.03. The fourth-order valence-corrected chi connectivity index (χ4v) is 1.92. The van der Waals surface area contributed by atoms with Gasteiger partial charge in [-0.2, -0.15) is 0 Å². The number of carbonyl (C=O) groups excluding carboxylic acids is 1. The van der Waals surface area contributed by atoms with Gasteiger partial charge in [-0.25, -0.2) is 0 Å². The maximum Gasteiger partial charge on any atom is 0.249 e. The van der Waals surface area contributed by atoms with E-state index in [-0.39, 0.29) is 5.91 Å². The van der Waals surface area contributed by atoms with Crippen LogP contribution in [0.3, 0.4) is 0 Å². The second kappa shape index (κ2) is 6.05. The molecule has 3 heteroatoms. The number of carbonyl (C=O) groups is 1. The molecule has 0 bridgehead atoms. The van der Waals surface area contributed by atoms with Gasteiger partial charge in [0.15, 0.2) is 0 Å². The zero-order valence-electron chi connectivity index (χ0n) is 10.6. The largest absolute Gasteiger partial charge is 0.357 e. The highest BCUT2D eigenvalue weighted by Gasteiger charge is 2.10. The molecule has 2 rings (SSSR count). The van der Waals surface area contributed by atoms with Crippen molar-refractivity contribution in [1.29, 1.82) is 0 Å². The first-order valence-corrected chi connectivity index (χ1v) is 6.17. The first kappa shape index (κ1) is 12.4. The number of rotatable bonds is 4. The molecule has 94 valence electrons. The Balaban J connectivity index is 1.79. The first-order valence-electron chi connectivity index (χ1n) is 6.17. The summed E-state index contributed by atoms with van der Waals surface area (Å²) in [5, 5.41) is 2.95. The zero-order chi connectivity index (χ0) is 12.8. The quantitative estimate of drug-likeness (QED) is 0.876. The second-order valence-corrected chi connectivity index (χ2v) is 4.40. The molecule has 1 aromatic carbocycles. The van der Waals surface area contributed by atoms with Gasteiger partial charge in [-0.15, -0.1) is 0 Å². The zero-order valence-corrected chi connectivity index (χ0v) is 10.6. The molecule has 0 atom stereocenters. The van der Waals surface area contributed by atoms with Crippen LogP contribution >= 0.6 is 0 Å². The summed E-state index contributed by atoms with van der Waals surface area (Å²) in [5.41, 5.74) is 2.06. The predicted octanol–water partition coefficient (Wildman–Crippen LogP) is 2.08. The highest BCUT2D eigenvalue weighted by Crippen LogP contribution is 2.10. The average molecular weight is 242 g/mol. The highest BCUT2D eigenvalue weighted by molar-refractivity contribution is 5.93. The molecule has 0 aromatic heterocycles. The van der Waals surface area contributed by atoms with E-state index in [1.54, 1.807) is 0 Å². The van der Waals surface area contributed by atoms with Crippen molar-refractivity contribution in [2.24, 2.45) is 0 Å². The highest BCUT2D eigenvalue weighted by atomic mass is 16.1. The Morgan fingerprint density at radius 3 is 2.83 bits per heavy atom. The van der Waals surface area contributed by atoms with E-state index in [0.717, 1.165) is 12.0 Å². The fourth-order valence-electron chi connectivity index (χ4n) is 1.92. The normalized spacial score (nSPS) is 14.3. The summed E-state index contributed by atoms with van der Waals surface area (Å²) in [6.45, 7) is 0.674. The van der Waals surface area contributed by atoms with Gasteiger partial charge >= 0.3 is 0 Å². The number of nitrogens with one attached hydrogen (secondary N) is 1. The Bertz CT molecular complexity index is 463. The molecule has 1 amide bonds. The SMILES string of the molecule is CN1C=CCC(C(=O)NCCc2ccccc2)=C1. The third kappa shape index (κ3) is 3.48. The third-order valence-electron chi connectivity index (χ3n) is 2.87. The van der Waals surface area contributed by atoms with Crippen LogP contribution in [0.15, 0.2) is 54.4 Å². The summed E-state index contributed by atoms with van der Waals surface area (Å²) in [6.07, 6.45) is 7.40. The molecule has 1 aromatic rings. The van der Waals surface area contributed by atoms with Gasteiger partial charge in [0.05, 0.1) is 0 Å². The minimum absolute atomic E-state index is 0.0298. The van der Waals surface area contributed by atoms with Crippen molar-refractivity contribution in [1.82, 2.24) is 10.2 Å². The summed E-state index contributed by atoms with van der Waals surface area (Å²) >= 11 is 0. The van der Waals surface area contributed by atoms with Crippen molar-refractivity contribution < 1.29 is 4.79 Å². The number of allylic oxidation sites excluding steroid dienone is 1. The predicted molar refractivity (Wildman–Crippen MR) is 72.8 cm³/mol. The van der Waals surface area contributed by atoms with Gasteiger partial charge in [0.25, 0.3) is 0 Å². The lowest BCUT2D eigenvalue weighted by atomic mass is 10.1. The molecular weight excluding hydrogens is 224 g/mol. The van der Waals surface area contributed by atoms with Gasteiger partial charge in [-0.05, 0) is 24.6 Å². The molecule has 18 heavy (non-hydrogen) atoms. The standard InChI is InChI=1S/C15H18N2O/c1-17-11-5-8-14(12-17)15(18)16-10-9-13-6-3-2-4-7-13/h2-7,11-12H,8-10H2,1H3,(H,16,18). The summed E-state index contributed by atoms with van der Waals surface area (Å²) in [6, 6.07) is 10.2. The lowest BCUT2D eigenvalue weighted by Crippen LogP contribution is -2.28. The Morgan fingerprint density at radius 1 is 1.33 bits per heavy atom. The van der Waals surface area contributed by atoms with Crippen molar-refractivity contribution in [2.75, 3.05) is 13.6 Å². The van der Waals surface area contributed by atoms with Crippen LogP contribution < -0.4 is 5.32 Å². The fraction of sp³-hybridized carbons (Fsp3) is 0.267. The van der Waals surface area contributed by atoms with Crippen LogP contribution in [0.25, 0.3) is 0 Å². The van der Waals surface area contributed by atoms with Gasteiger partial charge in [-0.3, -0.25) is 4.79 Å². The van der Waals surface area contributed by atoms with Crippen molar-refractivity contribution >= 4 is 5.91 Å². The van der Waals surface area contributed by atoms with Gasteiger partial charge in [0.2, 0.25) is 5.91 Å². The number of benzene rings is 1. The van der Waals surface area contributed by atoms with E-state index in [2.05, 4.69) is 17.4 Å². The molecule has 0 aliphatic carbocycles. The Morgan fingerprint density at radius 2 is 2.11 bits per heavy atom. The van der Waals surface area contributed by atoms with Crippen molar-refractivity contribution in [3.8, 4) is 0 Å². The number of hydrogen-bond acceptors (Lipinski definition) is 2. The molecule has 1 N–H and O–H groups in total. The minimum Gasteiger partial charge on any atom is -0.357 e. The van der Waals surface area contributed by atoms with Gasteiger partial charge in [0.1, 0.15) is 0 Å². The molecule has 0 radical (unpaired) electrons. The van der Waals surface area contributed by atoms with E-state index < -0.39 is 0 Å². The molecule has 0 saturated carbocycles. The maximum absolute atomic E-state index is 11.9. The molecule has 0 saturated heterocycles. The van der Waals surface area contributed by atoms with E-state index in [4.69, 9.17) is 0 Å². The average Bonchev–Trinajstić information content (AvgIpc) is 2.40. The summed E-state index contributed by atoms with van der Waals surface area (Å²) < 4.78 is 0. The van der Waals surface area contributed by atoms with Crippen LogP contribution in [-0.2, 0) is 11.2 Å². The lowest BCUT2D eigenvalue weighted by Gasteiger charge is -2.16. The third-order valence-corrected chi connectivity index (χ3v) is 2.87. The summed E-state index contributed by atoms with van der Waals surface area (Å²) in [7, 11) is 1.92. The van der Waals surface area contributed by atoms with E-state index >= 15 is 0 Å². The van der Waals surface area contributed by atoms with Gasteiger partial charge in [0, 0.05) is 25.4 Å². The number of hydrogen-bond donors (Lipinski definition) is 1. The first-order chi connectivity index (χ1) is 8.75. The molecule has 1 aliphatic rings. The molecule has 0 spiro atoms. The van der Waals surface area contributed by atoms with Crippen LogP contribution in [0.2, 0.25) is 0 Å². The van der Waals surface area contributed by atoms with Gasteiger partial charge < -0.3 is 10.2 Å². The van der Waals surface area contributed by atoms with Crippen molar-refractivity contribution in [3.63, 3.8) is 0 Å². The molecule has 0 unspecified atom stereocenters. The van der Waals surface area contributed by atoms with Crippen molar-refractivity contribution in [2.45, 2.75) is 12.8 Å². The van der Waals surface area contributed by atoms with E-state index in [1.165, 1.54) is 5.56 Å². The molecule has 1 heterocycles. The van der Waals surface area contributed by atoms with Crippen LogP contribution in [0.1, 0.15) is 12.0 Å². The van der Waals surface area contributed by atoms with Crippen LogP contribution in [-0.4, -0.2) is 24.4 Å². The van der Waals surface area contributed by atoms with Crippen LogP contribution in [0, 0.1) is 0 Å². The molecule has 3 nitrogen and oxygen atoms in total. The van der Waals surface area contributed by atoms with Crippen molar-refractivity contribution in [3.05, 3.63) is 59.9 Å². The van der Waals surface area contributed by atoms with Gasteiger partial charge in [-0.1, -0.05) is 36.4 Å². The van der Waals surface area contributed by atoms with E-state index in [9.17, 15) is 4.79 Å². The summed E-state index contributed by atoms with van der Waals surface area (Å²) in [4.78, 5) is 13.8. The Kier molecular flexibility index (Phi) is 4.18.